The molecule has 68 valence electrons. The molecule has 3 nitrogen and oxygen atoms in total. The van der Waals surface area contributed by atoms with E-state index in [0.717, 1.165) is 36.6 Å². The Labute approximate surface area is 77.7 Å². The molecule has 0 saturated heterocycles. The smallest absolute Gasteiger partial charge is 0.128 e. The maximum atomic E-state index is 5.68. The van der Waals surface area contributed by atoms with Crippen LogP contribution >= 0.6 is 0 Å². The molecule has 13 heavy (non-hydrogen) atoms. The van der Waals surface area contributed by atoms with Crippen LogP contribution in [0.5, 0.6) is 0 Å². The van der Waals surface area contributed by atoms with Crippen LogP contribution < -0.4 is 11.1 Å². The Morgan fingerprint density at radius 2 is 2.31 bits per heavy atom. The Kier molecular flexibility index (Phi) is 2.17. The summed E-state index contributed by atoms with van der Waals surface area (Å²) in [5.74, 6) is 0.971. The Hall–Kier alpha value is -1.51. The van der Waals surface area contributed by atoms with E-state index in [0.29, 0.717) is 0 Å². The number of rotatable bonds is 1. The third-order valence-corrected chi connectivity index (χ3v) is 2.06. The summed E-state index contributed by atoms with van der Waals surface area (Å²) < 4.78 is 0. The van der Waals surface area contributed by atoms with Crippen molar-refractivity contribution in [2.45, 2.75) is 6.42 Å². The van der Waals surface area contributed by atoms with Crippen LogP contribution in [0.25, 0.3) is 0 Å². The Bertz CT molecular complexity index is 331. The van der Waals surface area contributed by atoms with Gasteiger partial charge in [0.25, 0.3) is 0 Å². The zero-order valence-electron chi connectivity index (χ0n) is 7.46. The molecule has 0 aliphatic carbocycles. The molecule has 0 aromatic heterocycles. The van der Waals surface area contributed by atoms with Crippen LogP contribution in [0.1, 0.15) is 12.0 Å². The molecule has 0 amide bonds. The van der Waals surface area contributed by atoms with Gasteiger partial charge in [0.15, 0.2) is 0 Å². The van der Waals surface area contributed by atoms with E-state index in [1.54, 1.807) is 0 Å². The largest absolute Gasteiger partial charge is 0.399 e. The van der Waals surface area contributed by atoms with Crippen LogP contribution in [0.15, 0.2) is 29.3 Å². The van der Waals surface area contributed by atoms with Gasteiger partial charge in [-0.3, -0.25) is 4.99 Å². The second kappa shape index (κ2) is 3.47. The molecule has 0 fully saturated rings. The van der Waals surface area contributed by atoms with E-state index in [1.165, 1.54) is 0 Å². The maximum Gasteiger partial charge on any atom is 0.128 e. The van der Waals surface area contributed by atoms with Gasteiger partial charge in [0.05, 0.1) is 0 Å². The zero-order valence-corrected chi connectivity index (χ0v) is 7.46. The predicted molar refractivity (Wildman–Crippen MR) is 54.9 cm³/mol. The summed E-state index contributed by atoms with van der Waals surface area (Å²) in [5.41, 5.74) is 7.55. The molecule has 3 heteroatoms. The molecule has 1 aromatic rings. The molecule has 2 rings (SSSR count). The summed E-state index contributed by atoms with van der Waals surface area (Å²) >= 11 is 0. The molecule has 0 saturated carbocycles. The maximum absolute atomic E-state index is 5.68. The van der Waals surface area contributed by atoms with Crippen LogP contribution in [-0.4, -0.2) is 18.9 Å². The Balaban J connectivity index is 2.29. The molecular formula is C10H13N3. The van der Waals surface area contributed by atoms with Crippen molar-refractivity contribution in [2.24, 2.45) is 4.99 Å². The highest BCUT2D eigenvalue weighted by Crippen LogP contribution is 2.08. The molecular weight excluding hydrogens is 162 g/mol. The first kappa shape index (κ1) is 8.10. The number of benzene rings is 1. The van der Waals surface area contributed by atoms with E-state index in [4.69, 9.17) is 5.73 Å². The number of nitrogens with zero attached hydrogens (tertiary/aromatic N) is 1. The lowest BCUT2D eigenvalue weighted by Gasteiger charge is -2.14. The highest BCUT2D eigenvalue weighted by atomic mass is 15.0. The third kappa shape index (κ3) is 1.80. The minimum absolute atomic E-state index is 0.785. The summed E-state index contributed by atoms with van der Waals surface area (Å²) in [7, 11) is 0. The number of aliphatic imine (C=N–C) groups is 1. The van der Waals surface area contributed by atoms with E-state index in [9.17, 15) is 0 Å². The highest BCUT2D eigenvalue weighted by molar-refractivity contribution is 5.99. The second-order valence-corrected chi connectivity index (χ2v) is 3.14. The summed E-state index contributed by atoms with van der Waals surface area (Å²) in [6.07, 6.45) is 1.12. The van der Waals surface area contributed by atoms with Gasteiger partial charge in [0.2, 0.25) is 0 Å². The van der Waals surface area contributed by atoms with Crippen molar-refractivity contribution in [3.05, 3.63) is 29.8 Å². The Morgan fingerprint density at radius 1 is 1.38 bits per heavy atom. The average molecular weight is 175 g/mol. The molecule has 1 aliphatic heterocycles. The van der Waals surface area contributed by atoms with Crippen molar-refractivity contribution in [1.82, 2.24) is 5.32 Å². The van der Waals surface area contributed by atoms with Crippen LogP contribution in [0.4, 0.5) is 5.69 Å². The van der Waals surface area contributed by atoms with Gasteiger partial charge in [-0.2, -0.15) is 0 Å². The molecule has 1 aliphatic rings. The van der Waals surface area contributed by atoms with Gasteiger partial charge in [-0.05, 0) is 18.6 Å². The first-order chi connectivity index (χ1) is 6.36. The van der Waals surface area contributed by atoms with Gasteiger partial charge in [-0.25, -0.2) is 0 Å². The molecule has 3 N–H and O–H groups in total. The summed E-state index contributed by atoms with van der Waals surface area (Å²) in [6.45, 7) is 1.92. The molecule has 0 unspecified atom stereocenters. The molecule has 0 spiro atoms. The number of nitrogens with two attached hydrogens (primary N) is 1. The summed E-state index contributed by atoms with van der Waals surface area (Å²) in [4.78, 5) is 4.39. The van der Waals surface area contributed by atoms with E-state index in [1.807, 2.05) is 24.3 Å². The van der Waals surface area contributed by atoms with E-state index < -0.39 is 0 Å². The van der Waals surface area contributed by atoms with Gasteiger partial charge in [-0.1, -0.05) is 12.1 Å². The van der Waals surface area contributed by atoms with E-state index in [-0.39, 0.29) is 0 Å². The monoisotopic (exact) mass is 175 g/mol. The zero-order chi connectivity index (χ0) is 9.10. The topological polar surface area (TPSA) is 50.4 Å². The average Bonchev–Trinajstić information content (AvgIpc) is 2.19. The third-order valence-electron chi connectivity index (χ3n) is 2.06. The van der Waals surface area contributed by atoms with Gasteiger partial charge < -0.3 is 11.1 Å². The number of nitrogen functional groups attached to an aromatic ring is 1. The minimum Gasteiger partial charge on any atom is -0.399 e. The lowest BCUT2D eigenvalue weighted by Crippen LogP contribution is -2.30. The first-order valence-corrected chi connectivity index (χ1v) is 4.50. The molecule has 0 radical (unpaired) electrons. The van der Waals surface area contributed by atoms with Crippen molar-refractivity contribution in [2.75, 3.05) is 18.8 Å². The SMILES string of the molecule is Nc1cccc(C2=NCCCN2)c1. The normalized spacial score (nSPS) is 16.2. The predicted octanol–water partition coefficient (Wildman–Crippen LogP) is 1.01. The number of amidine groups is 1. The van der Waals surface area contributed by atoms with Crippen molar-refractivity contribution < 1.29 is 0 Å². The summed E-state index contributed by atoms with van der Waals surface area (Å²) in [5, 5.41) is 3.26. The van der Waals surface area contributed by atoms with Crippen LogP contribution in [0.3, 0.4) is 0 Å². The van der Waals surface area contributed by atoms with E-state index >= 15 is 0 Å². The van der Waals surface area contributed by atoms with Gasteiger partial charge in [0, 0.05) is 24.3 Å². The van der Waals surface area contributed by atoms with Crippen molar-refractivity contribution in [3.63, 3.8) is 0 Å². The van der Waals surface area contributed by atoms with Gasteiger partial charge in [0.1, 0.15) is 5.84 Å². The minimum atomic E-state index is 0.785. The lowest BCUT2D eigenvalue weighted by atomic mass is 10.1. The quantitative estimate of drug-likeness (QED) is 0.626. The fourth-order valence-corrected chi connectivity index (χ4v) is 1.41. The number of hydrogen-bond acceptors (Lipinski definition) is 3. The molecule has 1 aromatic carbocycles. The van der Waals surface area contributed by atoms with Crippen LogP contribution in [0, 0.1) is 0 Å². The van der Waals surface area contributed by atoms with Crippen LogP contribution in [-0.2, 0) is 0 Å². The molecule has 0 bridgehead atoms. The first-order valence-electron chi connectivity index (χ1n) is 4.50. The Morgan fingerprint density at radius 3 is 3.00 bits per heavy atom. The lowest BCUT2D eigenvalue weighted by molar-refractivity contribution is 0.742. The standard InChI is InChI=1S/C10H13N3/c11-9-4-1-3-8(7-9)10-12-5-2-6-13-10/h1,3-4,7H,2,5-6,11H2,(H,12,13). The highest BCUT2D eigenvalue weighted by Gasteiger charge is 2.05. The van der Waals surface area contributed by atoms with Crippen molar-refractivity contribution in [3.8, 4) is 0 Å². The number of nitrogens with one attached hydrogen (secondary N) is 1. The van der Waals surface area contributed by atoms with Crippen molar-refractivity contribution in [1.29, 1.82) is 0 Å². The molecule has 1 heterocycles. The van der Waals surface area contributed by atoms with E-state index in [2.05, 4.69) is 10.3 Å². The fourth-order valence-electron chi connectivity index (χ4n) is 1.41. The van der Waals surface area contributed by atoms with Crippen LogP contribution in [0.2, 0.25) is 0 Å². The summed E-state index contributed by atoms with van der Waals surface area (Å²) in [6, 6.07) is 7.79. The van der Waals surface area contributed by atoms with Gasteiger partial charge in [-0.15, -0.1) is 0 Å². The fraction of sp³-hybridized carbons (Fsp3) is 0.300. The second-order valence-electron chi connectivity index (χ2n) is 3.14. The number of hydrogen-bond donors (Lipinski definition) is 2. The molecule has 0 atom stereocenters. The number of anilines is 1. The van der Waals surface area contributed by atoms with Crippen molar-refractivity contribution >= 4 is 11.5 Å². The van der Waals surface area contributed by atoms with Gasteiger partial charge >= 0.3 is 0 Å².